The quantitative estimate of drug-likeness (QED) is 0.288. The molecular formula is C28H31N2O2STi. The zero-order chi connectivity index (χ0) is 24.2. The third kappa shape index (κ3) is 8.32. The fourth-order valence-corrected chi connectivity index (χ4v) is 4.39. The summed E-state index contributed by atoms with van der Waals surface area (Å²) in [5, 5.41) is 6.80. The number of ether oxygens (including phenoxy) is 2. The summed E-state index contributed by atoms with van der Waals surface area (Å²) in [6.07, 6.45) is 15.6. The number of rotatable bonds is 8. The standard InChI is InChI=1S/C17H20N2O2S.C11H11.Ti/c1-3-20-15-9-5-13(6-10-15)18-17(22)19-14-7-11-16(12-8-14)21-4-2;1-2-6-10(5-1)9-11-7-3-4-8-11;/h5-12H,3-4H2,1-2H3,(H2,18,19,22);1-5,7,9H,6,8H2;. The minimum absolute atomic E-state index is 0.535. The summed E-state index contributed by atoms with van der Waals surface area (Å²) >= 11 is 7.60. The van der Waals surface area contributed by atoms with Gasteiger partial charge in [-0.1, -0.05) is 0 Å². The van der Waals surface area contributed by atoms with E-state index in [1.165, 1.54) is 0 Å². The Hall–Kier alpha value is -2.60. The Morgan fingerprint density at radius 3 is 1.53 bits per heavy atom. The molecule has 2 aliphatic rings. The fraction of sp³-hybridized carbons (Fsp3) is 0.250. The molecule has 0 radical (unpaired) electrons. The van der Waals surface area contributed by atoms with Gasteiger partial charge in [-0.3, -0.25) is 0 Å². The zero-order valence-electron chi connectivity index (χ0n) is 19.7. The van der Waals surface area contributed by atoms with Crippen LogP contribution in [0, 0.1) is 0 Å². The molecule has 2 aliphatic carbocycles. The summed E-state index contributed by atoms with van der Waals surface area (Å²) in [4.78, 5) is 0. The Morgan fingerprint density at radius 1 is 0.794 bits per heavy atom. The molecule has 2 N–H and O–H groups in total. The van der Waals surface area contributed by atoms with Gasteiger partial charge in [0, 0.05) is 11.4 Å². The molecule has 0 saturated heterocycles. The van der Waals surface area contributed by atoms with Gasteiger partial charge in [-0.25, -0.2) is 0 Å². The van der Waals surface area contributed by atoms with Crippen molar-refractivity contribution in [2.75, 3.05) is 23.8 Å². The van der Waals surface area contributed by atoms with E-state index >= 15 is 0 Å². The van der Waals surface area contributed by atoms with Crippen LogP contribution in [0.15, 0.2) is 96.1 Å². The van der Waals surface area contributed by atoms with Crippen molar-refractivity contribution in [3.63, 3.8) is 0 Å². The van der Waals surface area contributed by atoms with Crippen LogP contribution in [-0.2, 0) is 20.4 Å². The van der Waals surface area contributed by atoms with E-state index in [4.69, 9.17) is 21.7 Å². The molecule has 0 fully saturated rings. The van der Waals surface area contributed by atoms with E-state index in [-0.39, 0.29) is 0 Å². The molecule has 6 heteroatoms. The molecule has 0 unspecified atom stereocenters. The van der Waals surface area contributed by atoms with Gasteiger partial charge in [-0.15, -0.1) is 0 Å². The average molecular weight is 508 g/mol. The normalized spacial score (nSPS) is 13.6. The number of thiocarbonyl (C=S) groups is 1. The summed E-state index contributed by atoms with van der Waals surface area (Å²) in [5.41, 5.74) is 4.94. The van der Waals surface area contributed by atoms with Crippen LogP contribution in [-0.4, -0.2) is 18.3 Å². The van der Waals surface area contributed by atoms with Crippen LogP contribution in [0.2, 0.25) is 4.22 Å². The van der Waals surface area contributed by atoms with Crippen LogP contribution in [0.3, 0.4) is 0 Å². The Bertz CT molecular complexity index is 973. The summed E-state index contributed by atoms with van der Waals surface area (Å²) < 4.78 is 11.5. The molecule has 175 valence electrons. The van der Waals surface area contributed by atoms with Gasteiger partial charge in [0.15, 0.2) is 5.11 Å². The number of hydrogen-bond donors (Lipinski definition) is 2. The zero-order valence-corrected chi connectivity index (χ0v) is 22.1. The van der Waals surface area contributed by atoms with Crippen molar-refractivity contribution in [2.24, 2.45) is 0 Å². The number of hydrogen-bond acceptors (Lipinski definition) is 3. The minimum atomic E-state index is 0.535. The molecule has 0 heterocycles. The van der Waals surface area contributed by atoms with Crippen LogP contribution in [0.25, 0.3) is 0 Å². The molecule has 0 saturated carbocycles. The van der Waals surface area contributed by atoms with Crippen molar-refractivity contribution in [3.05, 3.63) is 96.1 Å². The van der Waals surface area contributed by atoms with Gasteiger partial charge in [0.1, 0.15) is 11.5 Å². The van der Waals surface area contributed by atoms with E-state index in [2.05, 4.69) is 67.5 Å². The molecule has 0 aromatic heterocycles. The number of benzene rings is 2. The molecule has 0 bridgehead atoms. The van der Waals surface area contributed by atoms with Crippen molar-refractivity contribution < 1.29 is 29.9 Å². The van der Waals surface area contributed by atoms with E-state index in [0.29, 0.717) is 22.5 Å². The predicted molar refractivity (Wildman–Crippen MR) is 142 cm³/mol. The maximum atomic E-state index is 5.40. The Labute approximate surface area is 220 Å². The van der Waals surface area contributed by atoms with Gasteiger partial charge in [-0.05, 0) is 74.6 Å². The van der Waals surface area contributed by atoms with Crippen molar-refractivity contribution in [1.29, 1.82) is 0 Å². The third-order valence-corrected chi connectivity index (χ3v) is 6.55. The molecule has 0 amide bonds. The topological polar surface area (TPSA) is 42.5 Å². The van der Waals surface area contributed by atoms with Crippen molar-refractivity contribution in [2.45, 2.75) is 30.9 Å². The van der Waals surface area contributed by atoms with Gasteiger partial charge in [0.25, 0.3) is 0 Å². The average Bonchev–Trinajstić information content (AvgIpc) is 3.57. The van der Waals surface area contributed by atoms with E-state index in [1.54, 1.807) is 11.1 Å². The molecule has 0 spiro atoms. The molecule has 2 aromatic carbocycles. The second-order valence-electron chi connectivity index (χ2n) is 7.67. The first-order valence-corrected chi connectivity index (χ1v) is 12.9. The van der Waals surface area contributed by atoms with Crippen molar-refractivity contribution >= 4 is 28.7 Å². The fourth-order valence-electron chi connectivity index (χ4n) is 3.49. The van der Waals surface area contributed by atoms with Crippen molar-refractivity contribution in [3.8, 4) is 11.5 Å². The molecule has 0 aliphatic heterocycles. The molecule has 2 aromatic rings. The Balaban J connectivity index is 0.000000226. The van der Waals surface area contributed by atoms with Gasteiger partial charge in [-0.2, -0.15) is 0 Å². The number of anilines is 2. The van der Waals surface area contributed by atoms with E-state index < -0.39 is 0 Å². The van der Waals surface area contributed by atoms with Crippen molar-refractivity contribution in [1.82, 2.24) is 0 Å². The third-order valence-electron chi connectivity index (χ3n) is 5.19. The van der Waals surface area contributed by atoms with Gasteiger partial charge in [0.05, 0.1) is 13.2 Å². The van der Waals surface area contributed by atoms with Gasteiger partial charge in [0.2, 0.25) is 0 Å². The summed E-state index contributed by atoms with van der Waals surface area (Å²) in [6.45, 7) is 5.24. The molecule has 4 nitrogen and oxygen atoms in total. The van der Waals surface area contributed by atoms with Crippen LogP contribution >= 0.6 is 12.2 Å². The molecule has 4 rings (SSSR count). The van der Waals surface area contributed by atoms with Gasteiger partial charge >= 0.3 is 85.1 Å². The van der Waals surface area contributed by atoms with Crippen LogP contribution in [0.4, 0.5) is 11.4 Å². The van der Waals surface area contributed by atoms with E-state index in [9.17, 15) is 0 Å². The van der Waals surface area contributed by atoms with Crippen LogP contribution in [0.5, 0.6) is 11.5 Å². The predicted octanol–water partition coefficient (Wildman–Crippen LogP) is 7.39. The summed E-state index contributed by atoms with van der Waals surface area (Å²) in [6, 6.07) is 15.3. The number of nitrogens with one attached hydrogen (secondary N) is 2. The first kappa shape index (κ1) is 26.0. The monoisotopic (exact) mass is 507 g/mol. The summed E-state index contributed by atoms with van der Waals surface area (Å²) in [5.74, 6) is 1.69. The Morgan fingerprint density at radius 2 is 1.21 bits per heavy atom. The molecule has 34 heavy (non-hydrogen) atoms. The van der Waals surface area contributed by atoms with E-state index in [1.807, 2.05) is 62.4 Å². The van der Waals surface area contributed by atoms with Crippen LogP contribution < -0.4 is 20.1 Å². The van der Waals surface area contributed by atoms with Gasteiger partial charge < -0.3 is 20.1 Å². The maximum absolute atomic E-state index is 5.40. The molecule has 0 atom stereocenters. The van der Waals surface area contributed by atoms with E-state index in [0.717, 1.165) is 35.7 Å². The molecular weight excluding hydrogens is 476 g/mol. The second-order valence-corrected chi connectivity index (χ2v) is 8.98. The number of allylic oxidation sites excluding steroid dienone is 8. The summed E-state index contributed by atoms with van der Waals surface area (Å²) in [7, 11) is 0. The second kappa shape index (κ2) is 14.0. The van der Waals surface area contributed by atoms with Crippen LogP contribution in [0.1, 0.15) is 26.7 Å². The Kier molecular flexibility index (Phi) is 10.7. The first-order valence-electron chi connectivity index (χ1n) is 11.5. The first-order chi connectivity index (χ1) is 16.6. The SMILES string of the molecule is CCOc1ccc(NC(=S)Nc2ccc(OCC)cc2)cc1.[Ti][CH](C1=CC=CC1)C1=CC=CC1.